The Bertz CT molecular complexity index is 1080. The van der Waals surface area contributed by atoms with Crippen molar-refractivity contribution >= 4 is 58.4 Å². The topological polar surface area (TPSA) is 85.4 Å². The van der Waals surface area contributed by atoms with E-state index in [4.69, 9.17) is 4.74 Å². The number of rotatable bonds is 7. The fraction of sp³-hybridized carbons (Fsp3) is 0.222. The van der Waals surface area contributed by atoms with E-state index in [1.165, 1.54) is 17.4 Å². The molecule has 0 fully saturated rings. The second-order valence-corrected chi connectivity index (χ2v) is 9.84. The van der Waals surface area contributed by atoms with Crippen molar-refractivity contribution in [3.8, 4) is 5.75 Å². The summed E-state index contributed by atoms with van der Waals surface area (Å²) >= 11 is 4.63. The molecule has 1 amide bonds. The molecule has 27 heavy (non-hydrogen) atoms. The molecular formula is C18H17BrN2O4S2. The molecule has 0 aliphatic carbocycles. The minimum atomic E-state index is -3.27. The van der Waals surface area contributed by atoms with Gasteiger partial charge < -0.3 is 10.1 Å². The largest absolute Gasteiger partial charge is 0.494 e. The second kappa shape index (κ2) is 8.37. The molecule has 1 heterocycles. The Morgan fingerprint density at radius 1 is 1.26 bits per heavy atom. The van der Waals surface area contributed by atoms with Crippen molar-refractivity contribution in [1.82, 2.24) is 4.98 Å². The van der Waals surface area contributed by atoms with Crippen LogP contribution in [0.2, 0.25) is 0 Å². The second-order valence-electron chi connectivity index (χ2n) is 5.88. The van der Waals surface area contributed by atoms with Crippen molar-refractivity contribution in [1.29, 1.82) is 0 Å². The minimum absolute atomic E-state index is 0.157. The van der Waals surface area contributed by atoms with Crippen LogP contribution in [0.5, 0.6) is 5.75 Å². The number of carbonyl (C=O) groups is 1. The normalized spacial score (nSPS) is 11.5. The molecule has 142 valence electrons. The molecule has 3 aromatic rings. The van der Waals surface area contributed by atoms with E-state index in [0.717, 1.165) is 16.5 Å². The minimum Gasteiger partial charge on any atom is -0.494 e. The van der Waals surface area contributed by atoms with Gasteiger partial charge in [0.05, 0.1) is 21.7 Å². The lowest BCUT2D eigenvalue weighted by atomic mass is 10.3. The first kappa shape index (κ1) is 19.8. The lowest BCUT2D eigenvalue weighted by molar-refractivity contribution is -0.116. The Balaban J connectivity index is 1.53. The van der Waals surface area contributed by atoms with Gasteiger partial charge in [-0.25, -0.2) is 13.4 Å². The molecule has 0 aliphatic heterocycles. The van der Waals surface area contributed by atoms with E-state index < -0.39 is 9.84 Å². The number of thiazole rings is 1. The molecule has 2 aromatic carbocycles. The fourth-order valence-electron chi connectivity index (χ4n) is 2.35. The number of nitrogens with zero attached hydrogens (tertiary/aromatic N) is 1. The van der Waals surface area contributed by atoms with Crippen LogP contribution >= 0.6 is 27.3 Å². The zero-order chi connectivity index (χ0) is 19.4. The molecular weight excluding hydrogens is 452 g/mol. The molecule has 0 aliphatic rings. The molecule has 1 N–H and O–H groups in total. The van der Waals surface area contributed by atoms with Gasteiger partial charge in [-0.2, -0.15) is 0 Å². The first-order chi connectivity index (χ1) is 12.8. The standard InChI is InChI=1S/C18H17BrN2O4S2/c1-27(23,24)14-7-8-15-16(11-14)26-18(20-15)21-17(22)6-3-9-25-13-5-2-4-12(19)10-13/h2,4-5,7-8,10-11H,3,6,9H2,1H3,(H,20,21,22). The predicted octanol–water partition coefficient (Wildman–Crippen LogP) is 4.26. The molecule has 0 unspecified atom stereocenters. The third kappa shape index (κ3) is 5.50. The number of nitrogens with one attached hydrogen (secondary N) is 1. The molecule has 9 heteroatoms. The van der Waals surface area contributed by atoms with E-state index in [1.807, 2.05) is 24.3 Å². The molecule has 0 bridgehead atoms. The van der Waals surface area contributed by atoms with Gasteiger partial charge in [0.25, 0.3) is 0 Å². The van der Waals surface area contributed by atoms with Crippen molar-refractivity contribution in [3.63, 3.8) is 0 Å². The van der Waals surface area contributed by atoms with Crippen molar-refractivity contribution in [2.24, 2.45) is 0 Å². The third-order valence-electron chi connectivity index (χ3n) is 3.65. The van der Waals surface area contributed by atoms with Gasteiger partial charge in [-0.15, -0.1) is 0 Å². The molecule has 0 spiro atoms. The highest BCUT2D eigenvalue weighted by molar-refractivity contribution is 9.10. The van der Waals surface area contributed by atoms with Gasteiger partial charge in [-0.1, -0.05) is 33.3 Å². The summed E-state index contributed by atoms with van der Waals surface area (Å²) in [5.41, 5.74) is 0.653. The summed E-state index contributed by atoms with van der Waals surface area (Å²) in [7, 11) is -3.27. The number of hydrogen-bond acceptors (Lipinski definition) is 6. The highest BCUT2D eigenvalue weighted by Gasteiger charge is 2.12. The van der Waals surface area contributed by atoms with Gasteiger partial charge in [0, 0.05) is 17.1 Å². The number of carbonyl (C=O) groups excluding carboxylic acids is 1. The Kier molecular flexibility index (Phi) is 6.13. The molecule has 1 aromatic heterocycles. The smallest absolute Gasteiger partial charge is 0.226 e. The number of benzene rings is 2. The molecule has 6 nitrogen and oxygen atoms in total. The summed E-state index contributed by atoms with van der Waals surface area (Å²) in [5.74, 6) is 0.591. The van der Waals surface area contributed by atoms with E-state index in [9.17, 15) is 13.2 Å². The summed E-state index contributed by atoms with van der Waals surface area (Å²) in [6, 6.07) is 12.3. The van der Waals surface area contributed by atoms with E-state index in [-0.39, 0.29) is 10.8 Å². The Morgan fingerprint density at radius 3 is 2.81 bits per heavy atom. The average molecular weight is 469 g/mol. The van der Waals surface area contributed by atoms with Crippen LogP contribution < -0.4 is 10.1 Å². The lowest BCUT2D eigenvalue weighted by Gasteiger charge is -2.06. The van der Waals surface area contributed by atoms with Gasteiger partial charge in [-0.3, -0.25) is 4.79 Å². The number of ether oxygens (including phenoxy) is 1. The summed E-state index contributed by atoms with van der Waals surface area (Å²) < 4.78 is 30.5. The maximum atomic E-state index is 12.1. The average Bonchev–Trinajstić information content (AvgIpc) is 2.99. The van der Waals surface area contributed by atoms with Crippen molar-refractivity contribution in [2.45, 2.75) is 17.7 Å². The molecule has 3 rings (SSSR count). The highest BCUT2D eigenvalue weighted by Crippen LogP contribution is 2.28. The summed E-state index contributed by atoms with van der Waals surface area (Å²) in [5, 5.41) is 3.21. The third-order valence-corrected chi connectivity index (χ3v) is 6.18. The maximum Gasteiger partial charge on any atom is 0.226 e. The van der Waals surface area contributed by atoms with E-state index in [2.05, 4.69) is 26.2 Å². The molecule has 0 radical (unpaired) electrons. The number of hydrogen-bond donors (Lipinski definition) is 1. The SMILES string of the molecule is CS(=O)(=O)c1ccc2nc(NC(=O)CCCOc3cccc(Br)c3)sc2c1. The number of aromatic nitrogens is 1. The maximum absolute atomic E-state index is 12.1. The van der Waals surface area contributed by atoms with Crippen molar-refractivity contribution in [2.75, 3.05) is 18.2 Å². The Labute approximate surface area is 169 Å². The van der Waals surface area contributed by atoms with Crippen LogP contribution in [-0.4, -0.2) is 32.2 Å². The zero-order valence-electron chi connectivity index (χ0n) is 14.4. The van der Waals surface area contributed by atoms with E-state index in [1.54, 1.807) is 12.1 Å². The number of sulfone groups is 1. The van der Waals surface area contributed by atoms with Gasteiger partial charge in [0.15, 0.2) is 15.0 Å². The number of fused-ring (bicyclic) bond motifs is 1. The van der Waals surface area contributed by atoms with E-state index in [0.29, 0.717) is 34.8 Å². The van der Waals surface area contributed by atoms with Crippen LogP contribution in [0.3, 0.4) is 0 Å². The Morgan fingerprint density at radius 2 is 2.07 bits per heavy atom. The van der Waals surface area contributed by atoms with Crippen LogP contribution in [0, 0.1) is 0 Å². The molecule has 0 saturated carbocycles. The highest BCUT2D eigenvalue weighted by atomic mass is 79.9. The van der Waals surface area contributed by atoms with E-state index >= 15 is 0 Å². The van der Waals surface area contributed by atoms with Gasteiger partial charge >= 0.3 is 0 Å². The number of amides is 1. The summed E-state index contributed by atoms with van der Waals surface area (Å²) in [6.45, 7) is 0.432. The van der Waals surface area contributed by atoms with Crippen molar-refractivity contribution < 1.29 is 17.9 Å². The Hall–Kier alpha value is -1.97. The first-order valence-electron chi connectivity index (χ1n) is 8.10. The number of halogens is 1. The first-order valence-corrected chi connectivity index (χ1v) is 11.6. The quantitative estimate of drug-likeness (QED) is 0.523. The van der Waals surface area contributed by atoms with Crippen LogP contribution in [0.25, 0.3) is 10.2 Å². The monoisotopic (exact) mass is 468 g/mol. The van der Waals surface area contributed by atoms with Crippen LogP contribution in [-0.2, 0) is 14.6 Å². The zero-order valence-corrected chi connectivity index (χ0v) is 17.7. The van der Waals surface area contributed by atoms with Crippen LogP contribution in [0.15, 0.2) is 51.8 Å². The van der Waals surface area contributed by atoms with Gasteiger partial charge in [-0.05, 0) is 42.8 Å². The predicted molar refractivity (Wildman–Crippen MR) is 110 cm³/mol. The number of anilines is 1. The molecule has 0 atom stereocenters. The van der Waals surface area contributed by atoms with Crippen LogP contribution in [0.1, 0.15) is 12.8 Å². The van der Waals surface area contributed by atoms with Gasteiger partial charge in [0.1, 0.15) is 5.75 Å². The summed E-state index contributed by atoms with van der Waals surface area (Å²) in [6.07, 6.45) is 2.04. The van der Waals surface area contributed by atoms with Crippen LogP contribution in [0.4, 0.5) is 5.13 Å². The molecule has 0 saturated heterocycles. The van der Waals surface area contributed by atoms with Gasteiger partial charge in [0.2, 0.25) is 5.91 Å². The lowest BCUT2D eigenvalue weighted by Crippen LogP contribution is -2.12. The fourth-order valence-corrected chi connectivity index (χ4v) is 4.37. The van der Waals surface area contributed by atoms with Crippen molar-refractivity contribution in [3.05, 3.63) is 46.9 Å². The summed E-state index contributed by atoms with van der Waals surface area (Å²) in [4.78, 5) is 16.6.